The van der Waals surface area contributed by atoms with Crippen LogP contribution in [0.1, 0.15) is 16.7 Å². The first-order valence-electron chi connectivity index (χ1n) is 3.68. The molecule has 0 saturated heterocycles. The molecule has 0 amide bonds. The van der Waals surface area contributed by atoms with Gasteiger partial charge in [0.2, 0.25) is 0 Å². The summed E-state index contributed by atoms with van der Waals surface area (Å²) in [5.41, 5.74) is -0.561. The fourth-order valence-corrected chi connectivity index (χ4v) is 1.11. The van der Waals surface area contributed by atoms with Gasteiger partial charge in [-0.25, -0.2) is 4.39 Å². The topological polar surface area (TPSA) is 0 Å². The van der Waals surface area contributed by atoms with Gasteiger partial charge in [0.05, 0.1) is 5.56 Å². The Morgan fingerprint density at radius 2 is 1.85 bits per heavy atom. The van der Waals surface area contributed by atoms with Gasteiger partial charge in [-0.1, -0.05) is 17.7 Å². The minimum atomic E-state index is -4.46. The van der Waals surface area contributed by atoms with Gasteiger partial charge >= 0.3 is 6.18 Å². The Morgan fingerprint density at radius 1 is 1.23 bits per heavy atom. The van der Waals surface area contributed by atoms with Crippen LogP contribution in [0.4, 0.5) is 17.6 Å². The van der Waals surface area contributed by atoms with Crippen molar-refractivity contribution < 1.29 is 17.6 Å². The number of rotatable bonds is 1. The molecule has 0 atom stereocenters. The molecular formula is C9H8F4. The third-order valence-corrected chi connectivity index (χ3v) is 1.71. The Morgan fingerprint density at radius 3 is 2.31 bits per heavy atom. The summed E-state index contributed by atoms with van der Waals surface area (Å²) in [6, 6.07) is 3.44. The molecule has 0 spiro atoms. The molecule has 0 nitrogen and oxygen atoms in total. The van der Waals surface area contributed by atoms with E-state index in [1.165, 1.54) is 12.1 Å². The van der Waals surface area contributed by atoms with Crippen LogP contribution in [0.5, 0.6) is 0 Å². The Hall–Kier alpha value is -1.06. The molecule has 0 aromatic heterocycles. The fraction of sp³-hybridized carbons (Fsp3) is 0.333. The van der Waals surface area contributed by atoms with Crippen molar-refractivity contribution >= 4 is 0 Å². The summed E-state index contributed by atoms with van der Waals surface area (Å²) < 4.78 is 48.8. The SMILES string of the molecule is Cc1ccc(C(F)(F)F)c(CF)c1. The predicted octanol–water partition coefficient (Wildman–Crippen LogP) is 3.48. The molecule has 0 aliphatic carbocycles. The highest BCUT2D eigenvalue weighted by Gasteiger charge is 2.32. The van der Waals surface area contributed by atoms with E-state index >= 15 is 0 Å². The Labute approximate surface area is 73.2 Å². The first-order chi connectivity index (χ1) is 5.95. The predicted molar refractivity (Wildman–Crippen MR) is 41.0 cm³/mol. The standard InChI is InChI=1S/C9H8F4/c1-6-2-3-8(9(11,12)13)7(4-6)5-10/h2-4H,5H2,1H3. The van der Waals surface area contributed by atoms with Gasteiger partial charge in [0.15, 0.2) is 0 Å². The summed E-state index contributed by atoms with van der Waals surface area (Å²) in [5.74, 6) is 0. The van der Waals surface area contributed by atoms with E-state index in [1.807, 2.05) is 0 Å². The molecule has 1 aromatic rings. The molecule has 0 unspecified atom stereocenters. The van der Waals surface area contributed by atoms with Crippen molar-refractivity contribution in [3.63, 3.8) is 0 Å². The zero-order valence-corrected chi connectivity index (χ0v) is 6.95. The van der Waals surface area contributed by atoms with Crippen LogP contribution in [0.15, 0.2) is 18.2 Å². The highest BCUT2D eigenvalue weighted by Crippen LogP contribution is 2.32. The lowest BCUT2D eigenvalue weighted by atomic mass is 10.1. The van der Waals surface area contributed by atoms with E-state index in [9.17, 15) is 17.6 Å². The quantitative estimate of drug-likeness (QED) is 0.597. The van der Waals surface area contributed by atoms with Gasteiger partial charge in [0, 0.05) is 0 Å². The van der Waals surface area contributed by atoms with E-state index in [2.05, 4.69) is 0 Å². The van der Waals surface area contributed by atoms with E-state index < -0.39 is 18.4 Å². The van der Waals surface area contributed by atoms with Crippen LogP contribution in [-0.2, 0) is 12.9 Å². The van der Waals surface area contributed by atoms with Crippen LogP contribution in [0, 0.1) is 6.92 Å². The van der Waals surface area contributed by atoms with Gasteiger partial charge < -0.3 is 0 Å². The van der Waals surface area contributed by atoms with E-state index in [1.54, 1.807) is 6.92 Å². The summed E-state index contributed by atoms with van der Waals surface area (Å²) in [5, 5.41) is 0. The lowest BCUT2D eigenvalue weighted by Crippen LogP contribution is -2.08. The summed E-state index contributed by atoms with van der Waals surface area (Å²) in [4.78, 5) is 0. The second-order valence-corrected chi connectivity index (χ2v) is 2.79. The second-order valence-electron chi connectivity index (χ2n) is 2.79. The van der Waals surface area contributed by atoms with Crippen LogP contribution < -0.4 is 0 Å². The molecule has 4 heteroatoms. The minimum absolute atomic E-state index is 0.299. The van der Waals surface area contributed by atoms with Gasteiger partial charge in [-0.3, -0.25) is 0 Å². The molecule has 0 bridgehead atoms. The molecular weight excluding hydrogens is 184 g/mol. The summed E-state index contributed by atoms with van der Waals surface area (Å²) in [6.45, 7) is 0.538. The Bertz CT molecular complexity index is 301. The zero-order valence-electron chi connectivity index (χ0n) is 6.95. The van der Waals surface area contributed by atoms with Gasteiger partial charge in [-0.15, -0.1) is 0 Å². The van der Waals surface area contributed by atoms with Crippen molar-refractivity contribution in [2.24, 2.45) is 0 Å². The van der Waals surface area contributed by atoms with Crippen LogP contribution >= 0.6 is 0 Å². The Balaban J connectivity index is 3.22. The minimum Gasteiger partial charge on any atom is -0.246 e. The molecule has 0 heterocycles. The summed E-state index contributed by atoms with van der Waals surface area (Å²) in [6.07, 6.45) is -4.46. The fourth-order valence-electron chi connectivity index (χ4n) is 1.11. The smallest absolute Gasteiger partial charge is 0.246 e. The number of hydrogen-bond donors (Lipinski definition) is 0. The highest BCUT2D eigenvalue weighted by atomic mass is 19.4. The average molecular weight is 192 g/mol. The van der Waals surface area contributed by atoms with Crippen molar-refractivity contribution in [2.75, 3.05) is 0 Å². The van der Waals surface area contributed by atoms with E-state index in [0.29, 0.717) is 5.56 Å². The number of halogens is 4. The maximum Gasteiger partial charge on any atom is 0.416 e. The van der Waals surface area contributed by atoms with Crippen LogP contribution in [0.3, 0.4) is 0 Å². The molecule has 0 saturated carbocycles. The van der Waals surface area contributed by atoms with E-state index in [0.717, 1.165) is 6.07 Å². The average Bonchev–Trinajstić information content (AvgIpc) is 2.01. The molecule has 0 N–H and O–H groups in total. The highest BCUT2D eigenvalue weighted by molar-refractivity contribution is 5.33. The van der Waals surface area contributed by atoms with Gasteiger partial charge in [0.1, 0.15) is 6.67 Å². The second kappa shape index (κ2) is 3.36. The van der Waals surface area contributed by atoms with Crippen LogP contribution in [0.2, 0.25) is 0 Å². The van der Waals surface area contributed by atoms with Crippen molar-refractivity contribution in [1.29, 1.82) is 0 Å². The first kappa shape index (κ1) is 10.0. The maximum absolute atomic E-state index is 12.2. The van der Waals surface area contributed by atoms with Crippen molar-refractivity contribution in [3.8, 4) is 0 Å². The molecule has 0 aliphatic heterocycles. The summed E-state index contributed by atoms with van der Waals surface area (Å²) >= 11 is 0. The van der Waals surface area contributed by atoms with Gasteiger partial charge in [-0.05, 0) is 18.6 Å². The number of alkyl halides is 4. The molecule has 72 valence electrons. The van der Waals surface area contributed by atoms with Gasteiger partial charge in [-0.2, -0.15) is 13.2 Å². The molecule has 1 aromatic carbocycles. The lowest BCUT2D eigenvalue weighted by Gasteiger charge is -2.10. The molecule has 1 rings (SSSR count). The first-order valence-corrected chi connectivity index (χ1v) is 3.68. The van der Waals surface area contributed by atoms with Crippen molar-refractivity contribution in [2.45, 2.75) is 19.8 Å². The monoisotopic (exact) mass is 192 g/mol. The number of aryl methyl sites for hydroxylation is 1. The molecule has 13 heavy (non-hydrogen) atoms. The molecule has 0 fully saturated rings. The van der Waals surface area contributed by atoms with Crippen molar-refractivity contribution in [1.82, 2.24) is 0 Å². The van der Waals surface area contributed by atoms with Crippen LogP contribution in [-0.4, -0.2) is 0 Å². The maximum atomic E-state index is 12.2. The number of hydrogen-bond acceptors (Lipinski definition) is 0. The lowest BCUT2D eigenvalue weighted by molar-refractivity contribution is -0.138. The summed E-state index contributed by atoms with van der Waals surface area (Å²) in [7, 11) is 0. The normalized spacial score (nSPS) is 11.8. The largest absolute Gasteiger partial charge is 0.416 e. The van der Waals surface area contributed by atoms with Crippen molar-refractivity contribution in [3.05, 3.63) is 34.9 Å². The van der Waals surface area contributed by atoms with Gasteiger partial charge in [0.25, 0.3) is 0 Å². The van der Waals surface area contributed by atoms with E-state index in [-0.39, 0.29) is 5.56 Å². The Kier molecular flexibility index (Phi) is 2.59. The van der Waals surface area contributed by atoms with Crippen LogP contribution in [0.25, 0.3) is 0 Å². The molecule has 0 aliphatic rings. The molecule has 0 radical (unpaired) electrons. The van der Waals surface area contributed by atoms with E-state index in [4.69, 9.17) is 0 Å². The zero-order chi connectivity index (χ0) is 10.1. The third kappa shape index (κ3) is 2.20. The third-order valence-electron chi connectivity index (χ3n) is 1.71. The number of benzene rings is 1.